The molecule has 0 radical (unpaired) electrons. The summed E-state index contributed by atoms with van der Waals surface area (Å²) in [6.45, 7) is 2.01. The number of ether oxygens (including phenoxy) is 1. The van der Waals surface area contributed by atoms with Crippen LogP contribution in [0.1, 0.15) is 24.7 Å². The number of aryl methyl sites for hydroxylation is 2. The number of halogens is 3. The summed E-state index contributed by atoms with van der Waals surface area (Å²) in [5.74, 6) is 0.232. The maximum atomic E-state index is 12.3. The molecule has 0 unspecified atom stereocenters. The lowest BCUT2D eigenvalue weighted by molar-refractivity contribution is -0.274. The number of carbonyl (C=O) groups excluding carboxylic acids is 1. The second kappa shape index (κ2) is 7.69. The number of benzene rings is 2. The van der Waals surface area contributed by atoms with Crippen molar-refractivity contribution in [3.63, 3.8) is 0 Å². The normalized spacial score (nSPS) is 11.6. The summed E-state index contributed by atoms with van der Waals surface area (Å²) in [6.07, 6.45) is -3.26. The van der Waals surface area contributed by atoms with E-state index < -0.39 is 6.36 Å². The van der Waals surface area contributed by atoms with Crippen molar-refractivity contribution in [3.05, 3.63) is 53.9 Å². The van der Waals surface area contributed by atoms with Gasteiger partial charge in [-0.05, 0) is 36.2 Å². The summed E-state index contributed by atoms with van der Waals surface area (Å²) in [7, 11) is 0. The van der Waals surface area contributed by atoms with E-state index in [1.807, 2.05) is 25.1 Å². The van der Waals surface area contributed by atoms with Gasteiger partial charge in [0, 0.05) is 24.6 Å². The molecule has 0 aliphatic rings. The van der Waals surface area contributed by atoms with Crippen LogP contribution in [0.3, 0.4) is 0 Å². The van der Waals surface area contributed by atoms with Crippen molar-refractivity contribution >= 4 is 22.6 Å². The average Bonchev–Trinajstić information content (AvgIpc) is 3.01. The first-order valence-electron chi connectivity index (χ1n) is 8.45. The number of nitrogens with zero attached hydrogens (tertiary/aromatic N) is 1. The molecular weight excluding hydrogens is 359 g/mol. The average molecular weight is 377 g/mol. The van der Waals surface area contributed by atoms with Gasteiger partial charge in [0.25, 0.3) is 0 Å². The predicted molar refractivity (Wildman–Crippen MR) is 95.5 cm³/mol. The fourth-order valence-electron chi connectivity index (χ4n) is 2.68. The van der Waals surface area contributed by atoms with E-state index in [4.69, 9.17) is 0 Å². The Bertz CT molecular complexity index is 951. The standard InChI is InChI=1S/C19H18F3N3O2/c1-2-17-24-15-8-6-12(10-16(15)25-17)7-9-18(26)23-13-4-3-5-14(11-13)27-19(20,21)22/h3-6,8,10-11H,2,7,9H2,1H3,(H,23,26)(H,24,25). The van der Waals surface area contributed by atoms with E-state index in [0.717, 1.165) is 34.9 Å². The van der Waals surface area contributed by atoms with E-state index in [0.29, 0.717) is 6.42 Å². The van der Waals surface area contributed by atoms with E-state index in [1.54, 1.807) is 0 Å². The third-order valence-electron chi connectivity index (χ3n) is 3.92. The Morgan fingerprint density at radius 1 is 1.22 bits per heavy atom. The number of hydrogen-bond donors (Lipinski definition) is 2. The van der Waals surface area contributed by atoms with Gasteiger partial charge in [-0.15, -0.1) is 13.2 Å². The number of carbonyl (C=O) groups is 1. The molecule has 27 heavy (non-hydrogen) atoms. The Kier molecular flexibility index (Phi) is 5.34. The fraction of sp³-hybridized carbons (Fsp3) is 0.263. The van der Waals surface area contributed by atoms with E-state index >= 15 is 0 Å². The van der Waals surface area contributed by atoms with Gasteiger partial charge in [-0.2, -0.15) is 0 Å². The molecule has 0 bridgehead atoms. The van der Waals surface area contributed by atoms with Crippen LogP contribution in [0, 0.1) is 0 Å². The van der Waals surface area contributed by atoms with Crippen LogP contribution in [-0.4, -0.2) is 22.2 Å². The molecule has 0 saturated heterocycles. The van der Waals surface area contributed by atoms with Gasteiger partial charge >= 0.3 is 6.36 Å². The number of imidazole rings is 1. The number of fused-ring (bicyclic) bond motifs is 1. The molecule has 3 aromatic rings. The van der Waals surface area contributed by atoms with Crippen LogP contribution < -0.4 is 10.1 Å². The van der Waals surface area contributed by atoms with Gasteiger partial charge in [0.15, 0.2) is 0 Å². The minimum atomic E-state index is -4.77. The number of H-pyrrole nitrogens is 1. The molecule has 1 aromatic heterocycles. The van der Waals surface area contributed by atoms with Crippen molar-refractivity contribution in [3.8, 4) is 5.75 Å². The quantitative estimate of drug-likeness (QED) is 0.660. The molecule has 5 nitrogen and oxygen atoms in total. The molecule has 0 atom stereocenters. The molecule has 0 aliphatic carbocycles. The van der Waals surface area contributed by atoms with Crippen molar-refractivity contribution in [1.82, 2.24) is 9.97 Å². The third kappa shape index (κ3) is 5.22. The van der Waals surface area contributed by atoms with Crippen molar-refractivity contribution < 1.29 is 22.7 Å². The van der Waals surface area contributed by atoms with E-state index in [9.17, 15) is 18.0 Å². The highest BCUT2D eigenvalue weighted by molar-refractivity contribution is 5.91. The number of hydrogen-bond acceptors (Lipinski definition) is 3. The highest BCUT2D eigenvalue weighted by atomic mass is 19.4. The van der Waals surface area contributed by atoms with Crippen LogP contribution in [0.25, 0.3) is 11.0 Å². The smallest absolute Gasteiger partial charge is 0.406 e. The Morgan fingerprint density at radius 2 is 2.04 bits per heavy atom. The first kappa shape index (κ1) is 18.8. The molecule has 8 heteroatoms. The Balaban J connectivity index is 1.59. The minimum Gasteiger partial charge on any atom is -0.406 e. The number of rotatable bonds is 6. The second-order valence-electron chi connectivity index (χ2n) is 6.01. The van der Waals surface area contributed by atoms with Gasteiger partial charge < -0.3 is 15.0 Å². The molecule has 0 saturated carbocycles. The first-order valence-corrected chi connectivity index (χ1v) is 8.45. The fourth-order valence-corrected chi connectivity index (χ4v) is 2.68. The van der Waals surface area contributed by atoms with Gasteiger partial charge in [0.05, 0.1) is 11.0 Å². The molecule has 0 fully saturated rings. The summed E-state index contributed by atoms with van der Waals surface area (Å²) < 4.78 is 40.6. The van der Waals surface area contributed by atoms with Gasteiger partial charge in [-0.1, -0.05) is 19.1 Å². The SMILES string of the molecule is CCc1nc2ccc(CCC(=O)Nc3cccc(OC(F)(F)F)c3)cc2[nH]1. The Hall–Kier alpha value is -3.03. The maximum Gasteiger partial charge on any atom is 0.573 e. The highest BCUT2D eigenvalue weighted by Crippen LogP contribution is 2.25. The summed E-state index contributed by atoms with van der Waals surface area (Å²) in [5, 5.41) is 2.58. The molecule has 2 N–H and O–H groups in total. The lowest BCUT2D eigenvalue weighted by Crippen LogP contribution is -2.17. The molecule has 1 amide bonds. The highest BCUT2D eigenvalue weighted by Gasteiger charge is 2.31. The van der Waals surface area contributed by atoms with Gasteiger partial charge in [0.1, 0.15) is 11.6 Å². The number of anilines is 1. The number of aromatic nitrogens is 2. The number of amides is 1. The molecule has 2 aromatic carbocycles. The van der Waals surface area contributed by atoms with E-state index in [2.05, 4.69) is 20.0 Å². The molecule has 142 valence electrons. The molecule has 1 heterocycles. The van der Waals surface area contributed by atoms with Gasteiger partial charge in [0.2, 0.25) is 5.91 Å². The van der Waals surface area contributed by atoms with E-state index in [1.165, 1.54) is 18.2 Å². The van der Waals surface area contributed by atoms with Crippen LogP contribution in [0.4, 0.5) is 18.9 Å². The number of aromatic amines is 1. The van der Waals surface area contributed by atoms with Gasteiger partial charge in [-0.3, -0.25) is 4.79 Å². The Morgan fingerprint density at radius 3 is 2.78 bits per heavy atom. The predicted octanol–water partition coefficient (Wildman–Crippen LogP) is 4.60. The second-order valence-corrected chi connectivity index (χ2v) is 6.01. The number of nitrogens with one attached hydrogen (secondary N) is 2. The zero-order valence-electron chi connectivity index (χ0n) is 14.6. The van der Waals surface area contributed by atoms with Crippen LogP contribution >= 0.6 is 0 Å². The summed E-state index contributed by atoms with van der Waals surface area (Å²) in [5.41, 5.74) is 3.01. The monoisotopic (exact) mass is 377 g/mol. The molecule has 0 aliphatic heterocycles. The van der Waals surface area contributed by atoms with Crippen molar-refractivity contribution in [2.24, 2.45) is 0 Å². The zero-order chi connectivity index (χ0) is 19.4. The van der Waals surface area contributed by atoms with Crippen molar-refractivity contribution in [1.29, 1.82) is 0 Å². The lowest BCUT2D eigenvalue weighted by atomic mass is 10.1. The number of alkyl halides is 3. The van der Waals surface area contributed by atoms with E-state index in [-0.39, 0.29) is 23.8 Å². The third-order valence-corrected chi connectivity index (χ3v) is 3.92. The summed E-state index contributed by atoms with van der Waals surface area (Å²) in [4.78, 5) is 19.8. The Labute approximate surface area is 153 Å². The van der Waals surface area contributed by atoms with Crippen molar-refractivity contribution in [2.45, 2.75) is 32.5 Å². The van der Waals surface area contributed by atoms with Crippen LogP contribution in [0.2, 0.25) is 0 Å². The summed E-state index contributed by atoms with van der Waals surface area (Å²) >= 11 is 0. The summed E-state index contributed by atoms with van der Waals surface area (Å²) in [6, 6.07) is 11.0. The van der Waals surface area contributed by atoms with Crippen LogP contribution in [-0.2, 0) is 17.6 Å². The lowest BCUT2D eigenvalue weighted by Gasteiger charge is -2.10. The van der Waals surface area contributed by atoms with Gasteiger partial charge in [-0.25, -0.2) is 4.98 Å². The van der Waals surface area contributed by atoms with Crippen molar-refractivity contribution in [2.75, 3.05) is 5.32 Å². The minimum absolute atomic E-state index is 0.199. The first-order chi connectivity index (χ1) is 12.8. The molecule has 3 rings (SSSR count). The maximum absolute atomic E-state index is 12.3. The largest absolute Gasteiger partial charge is 0.573 e. The molecular formula is C19H18F3N3O2. The zero-order valence-corrected chi connectivity index (χ0v) is 14.6. The topological polar surface area (TPSA) is 67.0 Å². The molecule has 0 spiro atoms. The van der Waals surface area contributed by atoms with Crippen LogP contribution in [0.5, 0.6) is 5.75 Å². The van der Waals surface area contributed by atoms with Crippen LogP contribution in [0.15, 0.2) is 42.5 Å².